The highest BCUT2D eigenvalue weighted by atomic mass is 16.5. The van der Waals surface area contributed by atoms with Crippen molar-refractivity contribution in [3.63, 3.8) is 0 Å². The molecule has 5 rings (SSSR count). The van der Waals surface area contributed by atoms with Crippen molar-refractivity contribution in [2.45, 2.75) is 38.1 Å². The minimum atomic E-state index is -0.0728. The molecule has 2 aliphatic rings. The van der Waals surface area contributed by atoms with Crippen LogP contribution in [-0.4, -0.2) is 76.0 Å². The lowest BCUT2D eigenvalue weighted by Gasteiger charge is -2.39. The summed E-state index contributed by atoms with van der Waals surface area (Å²) in [6, 6.07) is 18.8. The molecule has 0 radical (unpaired) electrons. The van der Waals surface area contributed by atoms with Crippen molar-refractivity contribution in [3.8, 4) is 5.75 Å². The molecule has 0 spiro atoms. The topological polar surface area (TPSA) is 68.5 Å². The molecule has 8 heteroatoms. The number of rotatable bonds is 8. The average Bonchev–Trinajstić information content (AvgIpc) is 3.54. The van der Waals surface area contributed by atoms with Crippen LogP contribution in [0.3, 0.4) is 0 Å². The molecule has 0 unspecified atom stereocenters. The fraction of sp³-hybridized carbons (Fsp3) is 0.480. The number of aromatic nitrogens is 4. The third-order valence-electron chi connectivity index (χ3n) is 6.66. The van der Waals surface area contributed by atoms with Gasteiger partial charge in [0.25, 0.3) is 0 Å². The smallest absolute Gasteiger partial charge is 0.173 e. The molecule has 2 fully saturated rings. The number of nitrogens with zero attached hydrogens (tertiary/aromatic N) is 6. The number of benzene rings is 2. The normalized spacial score (nSPS) is 20.7. The van der Waals surface area contributed by atoms with E-state index >= 15 is 0 Å². The Morgan fingerprint density at radius 1 is 1.03 bits per heavy atom. The summed E-state index contributed by atoms with van der Waals surface area (Å²) in [5.74, 6) is 1.72. The maximum atomic E-state index is 5.87. The number of hydrogen-bond acceptors (Lipinski definition) is 7. The van der Waals surface area contributed by atoms with E-state index in [-0.39, 0.29) is 12.1 Å². The van der Waals surface area contributed by atoms with E-state index in [4.69, 9.17) is 9.47 Å². The molecule has 3 heterocycles. The quantitative estimate of drug-likeness (QED) is 0.525. The number of methoxy groups -OCH3 is 1. The van der Waals surface area contributed by atoms with Gasteiger partial charge in [-0.1, -0.05) is 48.5 Å². The Morgan fingerprint density at radius 2 is 1.82 bits per heavy atom. The third kappa shape index (κ3) is 5.08. The number of piperazine rings is 1. The number of tetrazole rings is 1. The molecule has 0 N–H and O–H groups in total. The molecule has 2 aromatic carbocycles. The van der Waals surface area contributed by atoms with Gasteiger partial charge in [0.15, 0.2) is 5.82 Å². The summed E-state index contributed by atoms with van der Waals surface area (Å²) in [4.78, 5) is 5.00. The van der Waals surface area contributed by atoms with Crippen LogP contribution >= 0.6 is 0 Å². The van der Waals surface area contributed by atoms with E-state index in [0.29, 0.717) is 6.54 Å². The number of para-hydroxylation sites is 1. The van der Waals surface area contributed by atoms with Gasteiger partial charge in [-0.05, 0) is 34.9 Å². The Kier molecular flexibility index (Phi) is 6.95. The summed E-state index contributed by atoms with van der Waals surface area (Å²) >= 11 is 0. The molecule has 3 aromatic rings. The first-order chi connectivity index (χ1) is 16.3. The van der Waals surface area contributed by atoms with E-state index < -0.39 is 0 Å². The zero-order chi connectivity index (χ0) is 22.5. The van der Waals surface area contributed by atoms with Crippen LogP contribution < -0.4 is 4.74 Å². The minimum Gasteiger partial charge on any atom is -0.496 e. The first-order valence-electron chi connectivity index (χ1n) is 11.8. The van der Waals surface area contributed by atoms with Crippen LogP contribution in [0, 0.1) is 0 Å². The Hall–Kier alpha value is -2.81. The third-order valence-corrected chi connectivity index (χ3v) is 6.66. The second kappa shape index (κ2) is 10.4. The first-order valence-corrected chi connectivity index (χ1v) is 11.8. The van der Waals surface area contributed by atoms with Crippen LogP contribution in [0.2, 0.25) is 0 Å². The molecule has 0 saturated carbocycles. The SMILES string of the molecule is COc1ccccc1[C@H](c1nnnn1C[C@H]1CCCO1)N1CCN(Cc2ccccc2)CC1. The second-order valence-corrected chi connectivity index (χ2v) is 8.80. The fourth-order valence-corrected chi connectivity index (χ4v) is 4.93. The van der Waals surface area contributed by atoms with Crippen LogP contribution in [0.25, 0.3) is 0 Å². The average molecular weight is 449 g/mol. The molecule has 8 nitrogen and oxygen atoms in total. The van der Waals surface area contributed by atoms with E-state index in [1.807, 2.05) is 16.8 Å². The van der Waals surface area contributed by atoms with Crippen molar-refractivity contribution in [1.82, 2.24) is 30.0 Å². The van der Waals surface area contributed by atoms with Crippen LogP contribution in [0.4, 0.5) is 0 Å². The maximum absolute atomic E-state index is 5.87. The van der Waals surface area contributed by atoms with Gasteiger partial charge >= 0.3 is 0 Å². The van der Waals surface area contributed by atoms with Crippen molar-refractivity contribution in [2.24, 2.45) is 0 Å². The van der Waals surface area contributed by atoms with Gasteiger partial charge in [0.2, 0.25) is 0 Å². The summed E-state index contributed by atoms with van der Waals surface area (Å²) in [5, 5.41) is 12.9. The van der Waals surface area contributed by atoms with Gasteiger partial charge in [-0.25, -0.2) is 4.68 Å². The summed E-state index contributed by atoms with van der Waals surface area (Å²) in [5.41, 5.74) is 2.45. The Bertz CT molecular complexity index is 1010. The van der Waals surface area contributed by atoms with Gasteiger partial charge in [0.05, 0.1) is 19.8 Å². The predicted octanol–water partition coefficient (Wildman–Crippen LogP) is 2.77. The Balaban J connectivity index is 1.38. The lowest BCUT2D eigenvalue weighted by Crippen LogP contribution is -2.48. The van der Waals surface area contributed by atoms with Crippen LogP contribution in [0.15, 0.2) is 54.6 Å². The summed E-state index contributed by atoms with van der Waals surface area (Å²) < 4.78 is 13.5. The molecular formula is C25H32N6O2. The molecule has 174 valence electrons. The zero-order valence-electron chi connectivity index (χ0n) is 19.2. The summed E-state index contributed by atoms with van der Waals surface area (Å²) in [7, 11) is 1.73. The van der Waals surface area contributed by atoms with Crippen molar-refractivity contribution in [3.05, 3.63) is 71.5 Å². The van der Waals surface area contributed by atoms with E-state index in [9.17, 15) is 0 Å². The largest absolute Gasteiger partial charge is 0.496 e. The minimum absolute atomic E-state index is 0.0728. The lowest BCUT2D eigenvalue weighted by atomic mass is 10.0. The highest BCUT2D eigenvalue weighted by Crippen LogP contribution is 2.34. The van der Waals surface area contributed by atoms with E-state index in [2.05, 4.69) is 67.8 Å². The van der Waals surface area contributed by atoms with E-state index in [0.717, 1.165) is 69.3 Å². The highest BCUT2D eigenvalue weighted by molar-refractivity contribution is 5.39. The molecule has 2 aliphatic heterocycles. The van der Waals surface area contributed by atoms with E-state index in [1.165, 1.54) is 5.56 Å². The molecule has 0 amide bonds. The number of ether oxygens (including phenoxy) is 2. The Labute approximate surface area is 195 Å². The predicted molar refractivity (Wildman–Crippen MR) is 125 cm³/mol. The second-order valence-electron chi connectivity index (χ2n) is 8.80. The zero-order valence-corrected chi connectivity index (χ0v) is 19.2. The monoisotopic (exact) mass is 448 g/mol. The Morgan fingerprint density at radius 3 is 2.58 bits per heavy atom. The van der Waals surface area contributed by atoms with Gasteiger partial charge in [-0.15, -0.1) is 5.10 Å². The maximum Gasteiger partial charge on any atom is 0.173 e. The molecule has 0 aliphatic carbocycles. The summed E-state index contributed by atoms with van der Waals surface area (Å²) in [6.07, 6.45) is 2.33. The standard InChI is InChI=1S/C25H32N6O2/c1-32-23-12-6-5-11-22(23)24(25-26-27-28-31(25)19-21-10-7-17-33-21)30-15-13-29(14-16-30)18-20-8-3-2-4-9-20/h2-6,8-9,11-12,21,24H,7,10,13-19H2,1H3/t21-,24-/m1/s1. The molecule has 2 saturated heterocycles. The molecule has 33 heavy (non-hydrogen) atoms. The van der Waals surface area contributed by atoms with Gasteiger partial charge in [-0.3, -0.25) is 9.80 Å². The van der Waals surface area contributed by atoms with Crippen molar-refractivity contribution in [1.29, 1.82) is 0 Å². The summed E-state index contributed by atoms with van der Waals surface area (Å²) in [6.45, 7) is 6.33. The van der Waals surface area contributed by atoms with Crippen molar-refractivity contribution < 1.29 is 9.47 Å². The molecule has 0 bridgehead atoms. The van der Waals surface area contributed by atoms with Crippen LogP contribution in [0.1, 0.15) is 35.8 Å². The van der Waals surface area contributed by atoms with Gasteiger partial charge in [-0.2, -0.15) is 0 Å². The number of hydrogen-bond donors (Lipinski definition) is 0. The fourth-order valence-electron chi connectivity index (χ4n) is 4.93. The molecule has 2 atom stereocenters. The van der Waals surface area contributed by atoms with Gasteiger partial charge in [0.1, 0.15) is 11.8 Å². The van der Waals surface area contributed by atoms with E-state index in [1.54, 1.807) is 7.11 Å². The first kappa shape index (κ1) is 22.0. The lowest BCUT2D eigenvalue weighted by molar-refractivity contribution is 0.0838. The van der Waals surface area contributed by atoms with Crippen LogP contribution in [-0.2, 0) is 17.8 Å². The van der Waals surface area contributed by atoms with Crippen molar-refractivity contribution in [2.75, 3.05) is 39.9 Å². The molecular weight excluding hydrogens is 416 g/mol. The van der Waals surface area contributed by atoms with Crippen molar-refractivity contribution >= 4 is 0 Å². The van der Waals surface area contributed by atoms with Crippen LogP contribution in [0.5, 0.6) is 5.75 Å². The highest BCUT2D eigenvalue weighted by Gasteiger charge is 2.33. The van der Waals surface area contributed by atoms with Gasteiger partial charge < -0.3 is 9.47 Å². The van der Waals surface area contributed by atoms with Gasteiger partial charge in [0, 0.05) is 44.9 Å². The molecule has 1 aromatic heterocycles.